The molecule has 0 saturated carbocycles. The largest absolute Gasteiger partial charge is 0.491 e. The van der Waals surface area contributed by atoms with Gasteiger partial charge in [-0.3, -0.25) is 4.68 Å². The Bertz CT molecular complexity index is 516. The summed E-state index contributed by atoms with van der Waals surface area (Å²) in [7, 11) is 1.84. The molecule has 2 aromatic rings. The highest BCUT2D eigenvalue weighted by molar-refractivity contribution is 5.55. The smallest absolute Gasteiger partial charge is 0.181 e. The van der Waals surface area contributed by atoms with E-state index in [9.17, 15) is 0 Å². The number of nitrogens with two attached hydrogens (primary N) is 1. The van der Waals surface area contributed by atoms with Gasteiger partial charge in [0.15, 0.2) is 5.82 Å². The normalized spacial score (nSPS) is 10.9. The van der Waals surface area contributed by atoms with Crippen molar-refractivity contribution >= 4 is 0 Å². The van der Waals surface area contributed by atoms with E-state index in [-0.39, 0.29) is 6.10 Å². The van der Waals surface area contributed by atoms with Gasteiger partial charge in [0, 0.05) is 12.6 Å². The van der Waals surface area contributed by atoms with E-state index in [1.165, 1.54) is 0 Å². The molecule has 0 unspecified atom stereocenters. The number of hydrogen-bond acceptors (Lipinski definition) is 4. The van der Waals surface area contributed by atoms with Crippen molar-refractivity contribution in [3.05, 3.63) is 30.1 Å². The Morgan fingerprint density at radius 1 is 1.28 bits per heavy atom. The van der Waals surface area contributed by atoms with Crippen LogP contribution in [0.2, 0.25) is 0 Å². The minimum absolute atomic E-state index is 0.174. The molecule has 5 nitrogen and oxygen atoms in total. The number of aryl methyl sites for hydroxylation is 1. The Morgan fingerprint density at radius 3 is 2.44 bits per heavy atom. The summed E-state index contributed by atoms with van der Waals surface area (Å²) in [5, 5.41) is 4.33. The first-order chi connectivity index (χ1) is 8.60. The molecule has 0 spiro atoms. The van der Waals surface area contributed by atoms with Crippen LogP contribution in [0.4, 0.5) is 0 Å². The van der Waals surface area contributed by atoms with E-state index in [0.717, 1.165) is 17.1 Å². The number of ether oxygens (including phenoxy) is 1. The first-order valence-corrected chi connectivity index (χ1v) is 5.97. The average Bonchev–Trinajstić information content (AvgIpc) is 2.71. The maximum Gasteiger partial charge on any atom is 0.181 e. The highest BCUT2D eigenvalue weighted by Gasteiger charge is 2.08. The lowest BCUT2D eigenvalue weighted by atomic mass is 10.2. The Hall–Kier alpha value is -1.88. The number of hydrogen-bond donors (Lipinski definition) is 1. The lowest BCUT2D eigenvalue weighted by Crippen LogP contribution is -2.05. The van der Waals surface area contributed by atoms with Crippen LogP contribution in [0.3, 0.4) is 0 Å². The fraction of sp³-hybridized carbons (Fsp3) is 0.385. The van der Waals surface area contributed by atoms with Crippen LogP contribution in [0.1, 0.15) is 19.7 Å². The van der Waals surface area contributed by atoms with Gasteiger partial charge in [-0.25, -0.2) is 4.98 Å². The van der Waals surface area contributed by atoms with Gasteiger partial charge < -0.3 is 10.5 Å². The number of aromatic nitrogens is 3. The Labute approximate surface area is 107 Å². The van der Waals surface area contributed by atoms with Crippen LogP contribution in [-0.4, -0.2) is 20.9 Å². The highest BCUT2D eigenvalue weighted by Crippen LogP contribution is 2.20. The van der Waals surface area contributed by atoms with Gasteiger partial charge in [0.05, 0.1) is 12.6 Å². The van der Waals surface area contributed by atoms with E-state index < -0.39 is 0 Å². The van der Waals surface area contributed by atoms with Crippen LogP contribution in [-0.2, 0) is 13.6 Å². The molecule has 0 amide bonds. The van der Waals surface area contributed by atoms with Crippen molar-refractivity contribution in [2.24, 2.45) is 12.8 Å². The third-order valence-corrected chi connectivity index (χ3v) is 2.52. The zero-order valence-corrected chi connectivity index (χ0v) is 10.9. The molecule has 2 rings (SSSR count). The first-order valence-electron chi connectivity index (χ1n) is 5.97. The predicted molar refractivity (Wildman–Crippen MR) is 70.1 cm³/mol. The number of benzene rings is 1. The molecule has 0 fully saturated rings. The van der Waals surface area contributed by atoms with Gasteiger partial charge >= 0.3 is 0 Å². The minimum Gasteiger partial charge on any atom is -0.491 e. The van der Waals surface area contributed by atoms with E-state index in [1.807, 2.05) is 45.2 Å². The van der Waals surface area contributed by atoms with Crippen LogP contribution < -0.4 is 10.5 Å². The zero-order valence-electron chi connectivity index (χ0n) is 10.9. The predicted octanol–water partition coefficient (Wildman–Crippen LogP) is 1.73. The van der Waals surface area contributed by atoms with E-state index >= 15 is 0 Å². The van der Waals surface area contributed by atoms with E-state index in [4.69, 9.17) is 10.5 Å². The molecule has 0 saturated heterocycles. The van der Waals surface area contributed by atoms with Crippen LogP contribution >= 0.6 is 0 Å². The summed E-state index contributed by atoms with van der Waals surface area (Å²) >= 11 is 0. The fourth-order valence-corrected chi connectivity index (χ4v) is 1.67. The monoisotopic (exact) mass is 246 g/mol. The molecule has 0 bridgehead atoms. The molecule has 0 atom stereocenters. The van der Waals surface area contributed by atoms with Crippen molar-refractivity contribution in [3.8, 4) is 17.1 Å². The zero-order chi connectivity index (χ0) is 13.1. The van der Waals surface area contributed by atoms with Crippen molar-refractivity contribution in [1.29, 1.82) is 0 Å². The Kier molecular flexibility index (Phi) is 3.62. The third-order valence-electron chi connectivity index (χ3n) is 2.52. The molecular weight excluding hydrogens is 228 g/mol. The van der Waals surface area contributed by atoms with Crippen molar-refractivity contribution in [1.82, 2.24) is 14.8 Å². The number of nitrogens with zero attached hydrogens (tertiary/aromatic N) is 3. The lowest BCUT2D eigenvalue weighted by Gasteiger charge is -2.09. The SMILES string of the molecule is CC(C)Oc1ccc(-c2nc(CN)n(C)n2)cc1. The summed E-state index contributed by atoms with van der Waals surface area (Å²) in [6.45, 7) is 4.39. The van der Waals surface area contributed by atoms with Crippen LogP contribution in [0.15, 0.2) is 24.3 Å². The Morgan fingerprint density at radius 2 is 1.94 bits per heavy atom. The van der Waals surface area contributed by atoms with Crippen LogP contribution in [0.5, 0.6) is 5.75 Å². The fourth-order valence-electron chi connectivity index (χ4n) is 1.67. The van der Waals surface area contributed by atoms with Gasteiger partial charge in [-0.15, -0.1) is 0 Å². The molecule has 1 aromatic carbocycles. The molecule has 2 N–H and O–H groups in total. The molecule has 5 heteroatoms. The van der Waals surface area contributed by atoms with Gasteiger partial charge in [0.1, 0.15) is 11.6 Å². The van der Waals surface area contributed by atoms with E-state index in [0.29, 0.717) is 12.4 Å². The summed E-state index contributed by atoms with van der Waals surface area (Å²) in [6.07, 6.45) is 0.174. The second-order valence-electron chi connectivity index (χ2n) is 4.37. The molecule has 1 heterocycles. The van der Waals surface area contributed by atoms with Gasteiger partial charge in [-0.1, -0.05) is 0 Å². The molecule has 0 aliphatic heterocycles. The lowest BCUT2D eigenvalue weighted by molar-refractivity contribution is 0.242. The standard InChI is InChI=1S/C13H18N4O/c1-9(2)18-11-6-4-10(5-7-11)13-15-12(8-14)17(3)16-13/h4-7,9H,8,14H2,1-3H3. The number of rotatable bonds is 4. The second kappa shape index (κ2) is 5.18. The van der Waals surface area contributed by atoms with Gasteiger partial charge in [-0.05, 0) is 38.1 Å². The molecule has 0 aliphatic carbocycles. The summed E-state index contributed by atoms with van der Waals surface area (Å²) in [4.78, 5) is 4.38. The maximum atomic E-state index is 5.59. The first kappa shape index (κ1) is 12.6. The summed E-state index contributed by atoms with van der Waals surface area (Å²) in [6, 6.07) is 7.75. The van der Waals surface area contributed by atoms with Crippen molar-refractivity contribution in [3.63, 3.8) is 0 Å². The minimum atomic E-state index is 0.174. The van der Waals surface area contributed by atoms with Crippen LogP contribution in [0, 0.1) is 0 Å². The van der Waals surface area contributed by atoms with Crippen molar-refractivity contribution in [2.75, 3.05) is 0 Å². The van der Waals surface area contributed by atoms with Gasteiger partial charge in [-0.2, -0.15) is 5.10 Å². The van der Waals surface area contributed by atoms with Gasteiger partial charge in [0.2, 0.25) is 0 Å². The summed E-state index contributed by atoms with van der Waals surface area (Å²) in [5.74, 6) is 2.31. The summed E-state index contributed by atoms with van der Waals surface area (Å²) in [5.41, 5.74) is 6.54. The van der Waals surface area contributed by atoms with E-state index in [2.05, 4.69) is 10.1 Å². The van der Waals surface area contributed by atoms with Crippen molar-refractivity contribution < 1.29 is 4.74 Å². The molecule has 1 aromatic heterocycles. The van der Waals surface area contributed by atoms with Crippen LogP contribution in [0.25, 0.3) is 11.4 Å². The average molecular weight is 246 g/mol. The second-order valence-corrected chi connectivity index (χ2v) is 4.37. The molecule has 0 aliphatic rings. The van der Waals surface area contributed by atoms with E-state index in [1.54, 1.807) is 4.68 Å². The highest BCUT2D eigenvalue weighted by atomic mass is 16.5. The molecule has 18 heavy (non-hydrogen) atoms. The maximum absolute atomic E-state index is 5.59. The Balaban J connectivity index is 2.22. The quantitative estimate of drug-likeness (QED) is 0.892. The van der Waals surface area contributed by atoms with Crippen molar-refractivity contribution in [2.45, 2.75) is 26.5 Å². The summed E-state index contributed by atoms with van der Waals surface area (Å²) < 4.78 is 7.29. The van der Waals surface area contributed by atoms with Gasteiger partial charge in [0.25, 0.3) is 0 Å². The molecule has 0 radical (unpaired) electrons. The topological polar surface area (TPSA) is 66.0 Å². The molecule has 96 valence electrons. The third kappa shape index (κ3) is 2.68. The molecular formula is C13H18N4O.